The van der Waals surface area contributed by atoms with Crippen molar-refractivity contribution in [3.8, 4) is 17.0 Å². The highest BCUT2D eigenvalue weighted by atomic mass is 31.2. The van der Waals surface area contributed by atoms with Gasteiger partial charge < -0.3 is 30.6 Å². The van der Waals surface area contributed by atoms with Gasteiger partial charge in [0.05, 0.1) is 29.6 Å². The Balaban J connectivity index is 0.00000123. The Labute approximate surface area is 250 Å². The molecule has 7 N–H and O–H groups in total. The second kappa shape index (κ2) is 17.3. The third kappa shape index (κ3) is 12.3. The molecule has 2 rings (SSSR count). The van der Waals surface area contributed by atoms with Crippen LogP contribution in [0.5, 0.6) is 5.75 Å². The van der Waals surface area contributed by atoms with Crippen LogP contribution in [0.4, 0.5) is 13.2 Å². The summed E-state index contributed by atoms with van der Waals surface area (Å²) < 4.78 is 43.3. The quantitative estimate of drug-likeness (QED) is 0.0393. The number of unbranched alkanes of at least 4 members (excludes halogenated alkanes) is 2. The van der Waals surface area contributed by atoms with Crippen LogP contribution in [-0.4, -0.2) is 78.3 Å². The number of rotatable bonds is 14. The molecule has 1 aromatic heterocycles. The molecule has 0 unspecified atom stereocenters. The Morgan fingerprint density at radius 2 is 1.73 bits per heavy atom. The van der Waals surface area contributed by atoms with E-state index >= 15 is 0 Å². The number of benzene rings is 1. The molecule has 0 bridgehead atoms. The van der Waals surface area contributed by atoms with E-state index in [1.54, 1.807) is 6.92 Å². The van der Waals surface area contributed by atoms with Crippen molar-refractivity contribution in [1.29, 1.82) is 0 Å². The number of pyridine rings is 1. The molecular weight excluding hydrogens is 616 g/mol. The molecule has 14 nitrogen and oxygen atoms in total. The Morgan fingerprint density at radius 1 is 1.09 bits per heavy atom. The molecule has 1 heterocycles. The Morgan fingerprint density at radius 3 is 2.25 bits per heavy atom. The fourth-order valence-electron chi connectivity index (χ4n) is 3.91. The Bertz CT molecular complexity index is 1340. The fraction of sp³-hybridized carbons (Fsp3) is 0.423. The molecule has 1 aromatic carbocycles. The highest BCUT2D eigenvalue weighted by molar-refractivity contribution is 7.60. The summed E-state index contributed by atoms with van der Waals surface area (Å²) in [6, 6.07) is 7.13. The standard InChI is InChI=1S/C24H33N4O8P.C2HF3O2/c1-3-5-6-8-19(22(4-2)28(33)15-29)23(31)25-14-26-24(32)21-10-7-9-20(27-21)16-11-17(30)13-18(12-16)37(34,35)36;3-2(4,5)1(6)7/h7,9-13,15,19,22,30,33H,3-6,8,14H2,1-2H3,(H,25,31)(H,26,32)(H2,34,35,36);(H,6,7)/t19-,22-;/m1./s1. The summed E-state index contributed by atoms with van der Waals surface area (Å²) in [4.78, 5) is 68.5. The highest BCUT2D eigenvalue weighted by Crippen LogP contribution is 2.36. The van der Waals surface area contributed by atoms with Crippen molar-refractivity contribution in [1.82, 2.24) is 20.7 Å². The monoisotopic (exact) mass is 650 g/mol. The summed E-state index contributed by atoms with van der Waals surface area (Å²) in [6.45, 7) is 3.55. The molecule has 44 heavy (non-hydrogen) atoms. The number of carbonyl (C=O) groups excluding carboxylic acids is 3. The lowest BCUT2D eigenvalue weighted by Crippen LogP contribution is -2.47. The van der Waals surface area contributed by atoms with Crippen LogP contribution in [0.15, 0.2) is 36.4 Å². The van der Waals surface area contributed by atoms with Gasteiger partial charge in [-0.15, -0.1) is 0 Å². The number of phenols is 1. The maximum Gasteiger partial charge on any atom is 0.490 e. The number of carboxylic acids is 1. The van der Waals surface area contributed by atoms with Gasteiger partial charge in [-0.3, -0.25) is 24.2 Å². The smallest absolute Gasteiger partial charge is 0.490 e. The molecule has 0 aliphatic rings. The van der Waals surface area contributed by atoms with Crippen LogP contribution >= 0.6 is 7.60 Å². The highest BCUT2D eigenvalue weighted by Gasteiger charge is 2.38. The lowest BCUT2D eigenvalue weighted by molar-refractivity contribution is -0.192. The second-order valence-electron chi connectivity index (χ2n) is 9.28. The Kier molecular flexibility index (Phi) is 14.9. The SMILES string of the molecule is CCCCC[C@@H](C(=O)NCNC(=O)c1cccc(-c2cc(O)cc(P(=O)(O)O)c2)n1)[C@@H](CC)N(O)C=O.O=C(O)C(F)(F)F. The van der Waals surface area contributed by atoms with Gasteiger partial charge in [-0.05, 0) is 43.2 Å². The average Bonchev–Trinajstić information content (AvgIpc) is 2.95. The largest absolute Gasteiger partial charge is 0.508 e. The van der Waals surface area contributed by atoms with E-state index in [0.717, 1.165) is 25.3 Å². The zero-order valence-electron chi connectivity index (χ0n) is 23.7. The van der Waals surface area contributed by atoms with E-state index in [0.29, 0.717) is 17.9 Å². The van der Waals surface area contributed by atoms with Gasteiger partial charge in [0, 0.05) is 5.56 Å². The van der Waals surface area contributed by atoms with E-state index < -0.39 is 48.8 Å². The minimum atomic E-state index is -5.08. The van der Waals surface area contributed by atoms with E-state index in [-0.39, 0.29) is 35.8 Å². The van der Waals surface area contributed by atoms with Gasteiger partial charge in [-0.2, -0.15) is 13.2 Å². The number of nitrogens with one attached hydrogen (secondary N) is 2. The number of carboxylic acid groups (broad SMARTS) is 1. The molecule has 0 radical (unpaired) electrons. The van der Waals surface area contributed by atoms with E-state index in [9.17, 15) is 52.2 Å². The minimum Gasteiger partial charge on any atom is -0.508 e. The zero-order valence-corrected chi connectivity index (χ0v) is 24.6. The summed E-state index contributed by atoms with van der Waals surface area (Å²) >= 11 is 0. The topological polar surface area (TPSA) is 227 Å². The van der Waals surface area contributed by atoms with E-state index in [1.807, 2.05) is 6.92 Å². The number of aliphatic carboxylic acids is 1. The van der Waals surface area contributed by atoms with Gasteiger partial charge in [0.2, 0.25) is 12.3 Å². The van der Waals surface area contributed by atoms with E-state index in [2.05, 4.69) is 15.6 Å². The number of hydrogen-bond acceptors (Lipinski definition) is 8. The first kappa shape index (κ1) is 38.0. The van der Waals surface area contributed by atoms with Crippen LogP contribution in [0.2, 0.25) is 0 Å². The molecule has 0 aliphatic heterocycles. The fourth-order valence-corrected chi connectivity index (χ4v) is 4.52. The summed E-state index contributed by atoms with van der Waals surface area (Å²) in [5.41, 5.74) is 0.368. The first-order valence-corrected chi connectivity index (χ1v) is 14.7. The van der Waals surface area contributed by atoms with Crippen LogP contribution in [0.1, 0.15) is 56.4 Å². The number of amides is 3. The molecule has 0 saturated carbocycles. The predicted molar refractivity (Wildman–Crippen MR) is 149 cm³/mol. The lowest BCUT2D eigenvalue weighted by Gasteiger charge is -2.29. The predicted octanol–water partition coefficient (Wildman–Crippen LogP) is 2.52. The van der Waals surface area contributed by atoms with Gasteiger partial charge in [0.15, 0.2) is 0 Å². The zero-order chi connectivity index (χ0) is 33.7. The molecule has 0 spiro atoms. The summed E-state index contributed by atoms with van der Waals surface area (Å²) in [7, 11) is -4.63. The van der Waals surface area contributed by atoms with E-state index in [1.165, 1.54) is 30.3 Å². The van der Waals surface area contributed by atoms with Gasteiger partial charge in [0.1, 0.15) is 11.4 Å². The number of alkyl halides is 3. The van der Waals surface area contributed by atoms with Gasteiger partial charge in [0.25, 0.3) is 5.91 Å². The maximum atomic E-state index is 12.8. The van der Waals surface area contributed by atoms with Crippen molar-refractivity contribution < 1.29 is 62.1 Å². The van der Waals surface area contributed by atoms with E-state index in [4.69, 9.17) is 9.90 Å². The number of nitrogens with zero attached hydrogens (tertiary/aromatic N) is 2. The van der Waals surface area contributed by atoms with Crippen molar-refractivity contribution >= 4 is 37.1 Å². The minimum absolute atomic E-state index is 0.0266. The molecule has 2 aromatic rings. The second-order valence-corrected chi connectivity index (χ2v) is 10.9. The third-order valence-corrected chi connectivity index (χ3v) is 6.99. The molecule has 3 amide bonds. The number of phenolic OH excluding ortho intramolecular Hbond substituents is 1. The number of hydroxylamine groups is 2. The number of hydrogen-bond donors (Lipinski definition) is 7. The first-order valence-electron chi connectivity index (χ1n) is 13.1. The van der Waals surface area contributed by atoms with Crippen LogP contribution in [0, 0.1) is 5.92 Å². The molecule has 0 fully saturated rings. The number of aromatic nitrogens is 1. The molecule has 2 atom stereocenters. The number of halogens is 3. The van der Waals surface area contributed by atoms with Gasteiger partial charge >= 0.3 is 19.7 Å². The molecule has 18 heteroatoms. The summed E-state index contributed by atoms with van der Waals surface area (Å²) in [5, 5.41) is 32.1. The molecular formula is C26H34F3N4O10P. The van der Waals surface area contributed by atoms with Gasteiger partial charge in [-0.25, -0.2) is 14.8 Å². The summed E-state index contributed by atoms with van der Waals surface area (Å²) in [5.74, 6) is -4.84. The van der Waals surface area contributed by atoms with Crippen molar-refractivity contribution in [2.45, 2.75) is 58.2 Å². The first-order chi connectivity index (χ1) is 20.5. The number of carbonyl (C=O) groups is 4. The van der Waals surface area contributed by atoms with Crippen molar-refractivity contribution in [3.63, 3.8) is 0 Å². The van der Waals surface area contributed by atoms with Crippen molar-refractivity contribution in [2.24, 2.45) is 5.92 Å². The molecule has 0 aliphatic carbocycles. The van der Waals surface area contributed by atoms with Crippen LogP contribution in [-0.2, 0) is 18.9 Å². The van der Waals surface area contributed by atoms with Crippen LogP contribution < -0.4 is 15.9 Å². The molecule has 244 valence electrons. The maximum absolute atomic E-state index is 12.8. The van der Waals surface area contributed by atoms with Crippen LogP contribution in [0.3, 0.4) is 0 Å². The van der Waals surface area contributed by atoms with Crippen molar-refractivity contribution in [2.75, 3.05) is 6.67 Å². The Hall–Kier alpha value is -4.05. The summed E-state index contributed by atoms with van der Waals surface area (Å²) in [6.07, 6.45) is -1.43. The third-order valence-electron chi connectivity index (χ3n) is 6.06. The number of aromatic hydroxyl groups is 1. The van der Waals surface area contributed by atoms with Crippen molar-refractivity contribution in [3.05, 3.63) is 42.1 Å². The molecule has 0 saturated heterocycles. The lowest BCUT2D eigenvalue weighted by atomic mass is 9.90. The van der Waals surface area contributed by atoms with Gasteiger partial charge in [-0.1, -0.05) is 39.2 Å². The van der Waals surface area contributed by atoms with Crippen LogP contribution in [0.25, 0.3) is 11.3 Å². The normalized spacial score (nSPS) is 12.6. The average molecular weight is 651 g/mol.